The molecule has 0 bridgehead atoms. The highest BCUT2D eigenvalue weighted by molar-refractivity contribution is 7.92. The lowest BCUT2D eigenvalue weighted by Gasteiger charge is -2.10. The summed E-state index contributed by atoms with van der Waals surface area (Å²) in [4.78, 5) is 26.7. The number of hydrogen-bond donors (Lipinski definition) is 3. The van der Waals surface area contributed by atoms with Crippen molar-refractivity contribution in [1.29, 1.82) is 0 Å². The van der Waals surface area contributed by atoms with Crippen molar-refractivity contribution < 1.29 is 8.42 Å². The number of nitrogens with one attached hydrogen (secondary N) is 3. The Hall–Kier alpha value is -2.87. The van der Waals surface area contributed by atoms with Crippen molar-refractivity contribution in [1.82, 2.24) is 9.97 Å². The van der Waals surface area contributed by atoms with Crippen molar-refractivity contribution >= 4 is 26.5 Å². The highest BCUT2D eigenvalue weighted by atomic mass is 32.2. The molecular weight excluding hydrogens is 318 g/mol. The normalized spacial score (nSPS) is 11.5. The van der Waals surface area contributed by atoms with Gasteiger partial charge in [0.1, 0.15) is 0 Å². The van der Waals surface area contributed by atoms with Gasteiger partial charge in [0.15, 0.2) is 4.90 Å². The van der Waals surface area contributed by atoms with E-state index >= 15 is 0 Å². The van der Waals surface area contributed by atoms with Gasteiger partial charge in [0.2, 0.25) is 0 Å². The average molecular weight is 331 g/mol. The van der Waals surface area contributed by atoms with Gasteiger partial charge in [-0.05, 0) is 29.8 Å². The minimum atomic E-state index is -4.12. The third-order valence-electron chi connectivity index (χ3n) is 3.35. The Balaban J connectivity index is 2.07. The summed E-state index contributed by atoms with van der Waals surface area (Å²) in [6.07, 6.45) is 0. The first-order valence-electron chi connectivity index (χ1n) is 6.72. The highest BCUT2D eigenvalue weighted by Crippen LogP contribution is 2.21. The van der Waals surface area contributed by atoms with Gasteiger partial charge in [-0.15, -0.1) is 0 Å². The molecule has 3 N–H and O–H groups in total. The molecule has 3 rings (SSSR count). The summed E-state index contributed by atoms with van der Waals surface area (Å²) in [5.74, 6) is 0. The zero-order chi connectivity index (χ0) is 16.6. The first kappa shape index (κ1) is 15.0. The number of benzene rings is 2. The average Bonchev–Trinajstić information content (AvgIpc) is 2.45. The van der Waals surface area contributed by atoms with Gasteiger partial charge in [0, 0.05) is 11.4 Å². The molecule has 0 aliphatic rings. The van der Waals surface area contributed by atoms with Crippen LogP contribution < -0.4 is 16.0 Å². The number of anilines is 1. The second-order valence-electron chi connectivity index (χ2n) is 5.03. The van der Waals surface area contributed by atoms with E-state index in [0.717, 1.165) is 10.8 Å². The predicted octanol–water partition coefficient (Wildman–Crippen LogP) is 1.33. The number of hydrogen-bond acceptors (Lipinski definition) is 4. The monoisotopic (exact) mass is 331 g/mol. The van der Waals surface area contributed by atoms with E-state index in [1.54, 1.807) is 18.2 Å². The molecule has 0 atom stereocenters. The Morgan fingerprint density at radius 3 is 2.35 bits per heavy atom. The van der Waals surface area contributed by atoms with E-state index in [9.17, 15) is 18.0 Å². The van der Waals surface area contributed by atoms with Gasteiger partial charge < -0.3 is 4.98 Å². The molecule has 0 unspecified atom stereocenters. The largest absolute Gasteiger partial charge is 0.325 e. The van der Waals surface area contributed by atoms with Crippen LogP contribution in [0.3, 0.4) is 0 Å². The number of aryl methyl sites for hydroxylation is 1. The molecular formula is C15H13N3O4S. The maximum absolute atomic E-state index is 12.4. The fraction of sp³-hybridized carbons (Fsp3) is 0.0667. The number of aromatic nitrogens is 2. The van der Waals surface area contributed by atoms with Crippen LogP contribution in [0.4, 0.5) is 5.69 Å². The summed E-state index contributed by atoms with van der Waals surface area (Å²) < 4.78 is 27.2. The molecule has 3 aromatic rings. The first-order chi connectivity index (χ1) is 10.9. The lowest BCUT2D eigenvalue weighted by molar-refractivity contribution is 0.598. The lowest BCUT2D eigenvalue weighted by atomic mass is 10.1. The van der Waals surface area contributed by atoms with Crippen molar-refractivity contribution in [3.63, 3.8) is 0 Å². The molecule has 8 heteroatoms. The second kappa shape index (κ2) is 5.40. The highest BCUT2D eigenvalue weighted by Gasteiger charge is 2.22. The Kier molecular flexibility index (Phi) is 3.53. The Labute approximate surface area is 131 Å². The van der Waals surface area contributed by atoms with Crippen LogP contribution >= 0.6 is 0 Å². The molecule has 0 saturated carbocycles. The van der Waals surface area contributed by atoms with Crippen molar-refractivity contribution in [2.75, 3.05) is 4.72 Å². The molecule has 1 heterocycles. The summed E-state index contributed by atoms with van der Waals surface area (Å²) in [7, 11) is -4.12. The number of fused-ring (bicyclic) bond motifs is 1. The smallest absolute Gasteiger partial charge is 0.310 e. The van der Waals surface area contributed by atoms with Crippen LogP contribution in [0.25, 0.3) is 10.8 Å². The molecule has 2 aromatic carbocycles. The van der Waals surface area contributed by atoms with Crippen LogP contribution in [0.15, 0.2) is 56.9 Å². The SMILES string of the molecule is Cc1[nH]c(=O)[nH]c(=O)c1S(=O)(=O)Nc1ccc2ccccc2c1. The number of aromatic amines is 2. The summed E-state index contributed by atoms with van der Waals surface area (Å²) in [6.45, 7) is 1.35. The van der Waals surface area contributed by atoms with Crippen LogP contribution in [-0.4, -0.2) is 18.4 Å². The molecule has 0 spiro atoms. The Morgan fingerprint density at radius 2 is 1.65 bits per heavy atom. The predicted molar refractivity (Wildman–Crippen MR) is 87.2 cm³/mol. The van der Waals surface area contributed by atoms with Crippen LogP contribution in [0.2, 0.25) is 0 Å². The number of H-pyrrole nitrogens is 2. The minimum Gasteiger partial charge on any atom is -0.310 e. The summed E-state index contributed by atoms with van der Waals surface area (Å²) in [5, 5.41) is 1.83. The van der Waals surface area contributed by atoms with Crippen LogP contribution in [-0.2, 0) is 10.0 Å². The molecule has 23 heavy (non-hydrogen) atoms. The number of sulfonamides is 1. The Morgan fingerprint density at radius 1 is 0.957 bits per heavy atom. The van der Waals surface area contributed by atoms with E-state index in [-0.39, 0.29) is 5.69 Å². The zero-order valence-corrected chi connectivity index (χ0v) is 12.9. The topological polar surface area (TPSA) is 112 Å². The molecule has 0 aliphatic heterocycles. The van der Waals surface area contributed by atoms with E-state index in [1.165, 1.54) is 6.92 Å². The maximum atomic E-state index is 12.4. The van der Waals surface area contributed by atoms with Crippen LogP contribution in [0, 0.1) is 6.92 Å². The van der Waals surface area contributed by atoms with Gasteiger partial charge in [-0.1, -0.05) is 30.3 Å². The lowest BCUT2D eigenvalue weighted by Crippen LogP contribution is -2.31. The van der Waals surface area contributed by atoms with Crippen molar-refractivity contribution in [3.05, 3.63) is 69.0 Å². The van der Waals surface area contributed by atoms with Crippen molar-refractivity contribution in [2.24, 2.45) is 0 Å². The summed E-state index contributed by atoms with van der Waals surface area (Å²) >= 11 is 0. The van der Waals surface area contributed by atoms with E-state index in [4.69, 9.17) is 0 Å². The van der Waals surface area contributed by atoms with Gasteiger partial charge in [-0.25, -0.2) is 13.2 Å². The molecule has 0 saturated heterocycles. The van der Waals surface area contributed by atoms with E-state index in [1.807, 2.05) is 29.2 Å². The molecule has 0 radical (unpaired) electrons. The van der Waals surface area contributed by atoms with Crippen molar-refractivity contribution in [3.8, 4) is 0 Å². The van der Waals surface area contributed by atoms with Gasteiger partial charge >= 0.3 is 5.69 Å². The quantitative estimate of drug-likeness (QED) is 0.672. The third kappa shape index (κ3) is 2.88. The number of rotatable bonds is 3. The minimum absolute atomic E-state index is 0.0213. The van der Waals surface area contributed by atoms with Gasteiger partial charge in [0.25, 0.3) is 15.6 Å². The van der Waals surface area contributed by atoms with Gasteiger partial charge in [-0.2, -0.15) is 0 Å². The molecule has 118 valence electrons. The van der Waals surface area contributed by atoms with Crippen molar-refractivity contribution in [2.45, 2.75) is 11.8 Å². The summed E-state index contributed by atoms with van der Waals surface area (Å²) in [6, 6.07) is 12.5. The van der Waals surface area contributed by atoms with Gasteiger partial charge in [-0.3, -0.25) is 14.5 Å². The molecule has 1 aromatic heterocycles. The molecule has 0 amide bonds. The fourth-order valence-electron chi connectivity index (χ4n) is 2.37. The van der Waals surface area contributed by atoms with E-state index in [2.05, 4.69) is 9.71 Å². The van der Waals surface area contributed by atoms with Crippen LogP contribution in [0.1, 0.15) is 5.69 Å². The Bertz CT molecular complexity index is 1110. The first-order valence-corrected chi connectivity index (χ1v) is 8.20. The maximum Gasteiger partial charge on any atom is 0.325 e. The second-order valence-corrected chi connectivity index (χ2v) is 6.65. The molecule has 0 fully saturated rings. The molecule has 7 nitrogen and oxygen atoms in total. The zero-order valence-electron chi connectivity index (χ0n) is 12.1. The van der Waals surface area contributed by atoms with Crippen LogP contribution in [0.5, 0.6) is 0 Å². The summed E-state index contributed by atoms with van der Waals surface area (Å²) in [5.41, 5.74) is -1.41. The standard InChI is InChI=1S/C15H13N3O4S/c1-9-13(14(19)17-15(20)16-9)23(21,22)18-12-7-6-10-4-2-3-5-11(10)8-12/h2-8,18H,1H3,(H2,16,17,19,20). The van der Waals surface area contributed by atoms with Gasteiger partial charge in [0.05, 0.1) is 0 Å². The van der Waals surface area contributed by atoms with E-state index in [0.29, 0.717) is 5.69 Å². The van der Waals surface area contributed by atoms with E-state index < -0.39 is 26.2 Å². The fourth-order valence-corrected chi connectivity index (χ4v) is 3.66. The molecule has 0 aliphatic carbocycles. The third-order valence-corrected chi connectivity index (χ3v) is 4.88.